The maximum Gasteiger partial charge on any atom is 0.305 e. The molecule has 2 unspecified atom stereocenters. The molecule has 2 fully saturated rings. The number of Topliss-reactive ketones (excluding diaryl/α,β-unsaturated/α-hetero) is 1. The van der Waals surface area contributed by atoms with Crippen molar-refractivity contribution >= 4 is 23.6 Å². The average molecular weight is 395 g/mol. The van der Waals surface area contributed by atoms with E-state index in [2.05, 4.69) is 6.92 Å². The Morgan fingerprint density at radius 1 is 1.18 bits per heavy atom. The highest BCUT2D eigenvalue weighted by Gasteiger charge is 2.39. The van der Waals surface area contributed by atoms with E-state index in [1.807, 2.05) is 6.92 Å². The largest absolute Gasteiger partial charge is 0.466 e. The first-order chi connectivity index (χ1) is 13.2. The normalized spacial score (nSPS) is 27.8. The molecule has 1 heterocycles. The highest BCUT2D eigenvalue weighted by molar-refractivity contribution is 5.98. The van der Waals surface area contributed by atoms with Gasteiger partial charge in [-0.1, -0.05) is 13.8 Å². The Bertz CT molecular complexity index is 586. The molecule has 1 saturated carbocycles. The van der Waals surface area contributed by atoms with Crippen molar-refractivity contribution in [2.45, 2.75) is 71.8 Å². The molecular weight excluding hydrogens is 362 g/mol. The number of nitrogens with zero attached hydrogens (tertiary/aromatic N) is 1. The summed E-state index contributed by atoms with van der Waals surface area (Å²) in [5.74, 6) is -1.07. The van der Waals surface area contributed by atoms with Gasteiger partial charge in [0.1, 0.15) is 5.78 Å². The van der Waals surface area contributed by atoms with Gasteiger partial charge in [-0.05, 0) is 44.4 Å². The number of hydrogen-bond acceptors (Lipinski definition) is 6. The number of aliphatic hydroxyl groups excluding tert-OH is 1. The van der Waals surface area contributed by atoms with Crippen LogP contribution >= 0.6 is 0 Å². The molecular formula is C21H33NO6. The van der Waals surface area contributed by atoms with Crippen molar-refractivity contribution in [1.82, 2.24) is 4.90 Å². The summed E-state index contributed by atoms with van der Waals surface area (Å²) >= 11 is 0. The third-order valence-electron chi connectivity index (χ3n) is 5.90. The second kappa shape index (κ2) is 10.1. The van der Waals surface area contributed by atoms with E-state index in [1.165, 1.54) is 4.90 Å². The topological polar surface area (TPSA) is 101 Å². The molecule has 0 radical (unpaired) electrons. The second-order valence-electron chi connectivity index (χ2n) is 8.41. The zero-order chi connectivity index (χ0) is 20.8. The number of esters is 1. The molecule has 1 N–H and O–H groups in total. The predicted molar refractivity (Wildman–Crippen MR) is 102 cm³/mol. The Balaban J connectivity index is 1.84. The number of aliphatic hydroxyl groups is 1. The lowest BCUT2D eigenvalue weighted by molar-refractivity contribution is -0.152. The number of amides is 2. The Labute approximate surface area is 166 Å². The molecule has 7 heteroatoms. The summed E-state index contributed by atoms with van der Waals surface area (Å²) < 4.78 is 4.84. The first-order valence-electron chi connectivity index (χ1n) is 10.4. The van der Waals surface area contributed by atoms with Crippen molar-refractivity contribution in [2.75, 3.05) is 13.2 Å². The van der Waals surface area contributed by atoms with E-state index in [0.717, 1.165) is 6.42 Å². The first kappa shape index (κ1) is 22.5. The zero-order valence-corrected chi connectivity index (χ0v) is 17.2. The summed E-state index contributed by atoms with van der Waals surface area (Å²) in [5, 5.41) is 10.6. The van der Waals surface area contributed by atoms with E-state index in [9.17, 15) is 24.3 Å². The van der Waals surface area contributed by atoms with Crippen molar-refractivity contribution in [3.8, 4) is 0 Å². The van der Waals surface area contributed by atoms with Gasteiger partial charge in [0, 0.05) is 37.6 Å². The summed E-state index contributed by atoms with van der Waals surface area (Å²) in [5.41, 5.74) is 0. The van der Waals surface area contributed by atoms with E-state index in [1.54, 1.807) is 6.92 Å². The van der Waals surface area contributed by atoms with Gasteiger partial charge >= 0.3 is 5.97 Å². The summed E-state index contributed by atoms with van der Waals surface area (Å²) in [6.45, 7) is 6.24. The number of carbonyl (C=O) groups is 4. The predicted octanol–water partition coefficient (Wildman–Crippen LogP) is 2.10. The fourth-order valence-electron chi connectivity index (χ4n) is 4.54. The molecule has 2 aliphatic rings. The fourth-order valence-corrected chi connectivity index (χ4v) is 4.54. The van der Waals surface area contributed by atoms with Crippen LogP contribution in [0.3, 0.4) is 0 Å². The lowest BCUT2D eigenvalue weighted by Crippen LogP contribution is -2.45. The van der Waals surface area contributed by atoms with E-state index in [4.69, 9.17) is 4.74 Å². The van der Waals surface area contributed by atoms with Crippen LogP contribution in [0.15, 0.2) is 0 Å². The molecule has 0 aromatic carbocycles. The third kappa shape index (κ3) is 5.87. The van der Waals surface area contributed by atoms with Gasteiger partial charge in [0.05, 0.1) is 12.7 Å². The number of ether oxygens (including phenoxy) is 1. The molecule has 0 bridgehead atoms. The standard InChI is InChI=1S/C21H33NO6/c1-4-28-20(26)6-5-7-22-18(24)11-15(12-19(22)25)10-17(23)16-9-13(2)8-14(3)21(16)27/h13-17,23H,4-12H2,1-3H3/t13-,14?,16?,17+/m0/s1. The minimum atomic E-state index is -0.807. The molecule has 2 amide bonds. The number of likely N-dealkylation sites (tertiary alicyclic amines) is 1. The Morgan fingerprint density at radius 2 is 1.82 bits per heavy atom. The van der Waals surface area contributed by atoms with E-state index in [-0.39, 0.29) is 61.2 Å². The van der Waals surface area contributed by atoms with Gasteiger partial charge in [-0.15, -0.1) is 0 Å². The molecule has 0 aromatic heterocycles. The van der Waals surface area contributed by atoms with Gasteiger partial charge in [-0.2, -0.15) is 0 Å². The van der Waals surface area contributed by atoms with E-state index >= 15 is 0 Å². The second-order valence-corrected chi connectivity index (χ2v) is 8.41. The van der Waals surface area contributed by atoms with E-state index in [0.29, 0.717) is 31.8 Å². The summed E-state index contributed by atoms with van der Waals surface area (Å²) in [4.78, 5) is 49.8. The third-order valence-corrected chi connectivity index (χ3v) is 5.90. The Kier molecular flexibility index (Phi) is 8.16. The number of hydrogen-bond donors (Lipinski definition) is 1. The van der Waals surface area contributed by atoms with Crippen molar-refractivity contribution in [3.05, 3.63) is 0 Å². The van der Waals surface area contributed by atoms with Gasteiger partial charge in [-0.3, -0.25) is 24.1 Å². The van der Waals surface area contributed by atoms with Gasteiger partial charge < -0.3 is 9.84 Å². The van der Waals surface area contributed by atoms with Crippen LogP contribution in [0.5, 0.6) is 0 Å². The van der Waals surface area contributed by atoms with Crippen molar-refractivity contribution < 1.29 is 29.0 Å². The quantitative estimate of drug-likeness (QED) is 0.499. The average Bonchev–Trinajstić information content (AvgIpc) is 2.60. The number of ketones is 1. The molecule has 0 spiro atoms. The molecule has 4 atom stereocenters. The minimum absolute atomic E-state index is 0.0482. The molecule has 1 aliphatic heterocycles. The molecule has 28 heavy (non-hydrogen) atoms. The van der Waals surface area contributed by atoms with Crippen LogP contribution in [-0.4, -0.2) is 52.8 Å². The fraction of sp³-hybridized carbons (Fsp3) is 0.810. The van der Waals surface area contributed by atoms with Crippen molar-refractivity contribution in [1.29, 1.82) is 0 Å². The van der Waals surface area contributed by atoms with Gasteiger partial charge in [-0.25, -0.2) is 0 Å². The van der Waals surface area contributed by atoms with Crippen molar-refractivity contribution in [2.24, 2.45) is 23.7 Å². The van der Waals surface area contributed by atoms with Crippen LogP contribution in [0.4, 0.5) is 0 Å². The molecule has 158 valence electrons. The summed E-state index contributed by atoms with van der Waals surface area (Å²) in [6, 6.07) is 0. The lowest BCUT2D eigenvalue weighted by atomic mass is 9.71. The summed E-state index contributed by atoms with van der Waals surface area (Å²) in [7, 11) is 0. The van der Waals surface area contributed by atoms with Gasteiger partial charge in [0.2, 0.25) is 11.8 Å². The van der Waals surface area contributed by atoms with Crippen LogP contribution in [0, 0.1) is 23.7 Å². The zero-order valence-electron chi connectivity index (χ0n) is 17.2. The highest BCUT2D eigenvalue weighted by Crippen LogP contribution is 2.35. The van der Waals surface area contributed by atoms with Crippen LogP contribution in [0.1, 0.15) is 65.7 Å². The highest BCUT2D eigenvalue weighted by atomic mass is 16.5. The van der Waals surface area contributed by atoms with Crippen LogP contribution in [0.25, 0.3) is 0 Å². The van der Waals surface area contributed by atoms with Crippen LogP contribution < -0.4 is 0 Å². The maximum absolute atomic E-state index is 12.4. The Morgan fingerprint density at radius 3 is 2.43 bits per heavy atom. The van der Waals surface area contributed by atoms with E-state index < -0.39 is 12.0 Å². The van der Waals surface area contributed by atoms with Gasteiger partial charge in [0.25, 0.3) is 0 Å². The first-order valence-corrected chi connectivity index (χ1v) is 10.4. The molecule has 1 saturated heterocycles. The number of carbonyl (C=O) groups excluding carboxylic acids is 4. The SMILES string of the molecule is CCOC(=O)CCCN1C(=O)CC(C[C@@H](O)C2C[C@@H](C)CC(C)C2=O)CC1=O. The molecule has 1 aliphatic carbocycles. The molecule has 7 nitrogen and oxygen atoms in total. The molecule has 2 rings (SSSR count). The maximum atomic E-state index is 12.4. The monoisotopic (exact) mass is 395 g/mol. The van der Waals surface area contributed by atoms with Crippen molar-refractivity contribution in [3.63, 3.8) is 0 Å². The smallest absolute Gasteiger partial charge is 0.305 e. The van der Waals surface area contributed by atoms with Crippen LogP contribution in [0.2, 0.25) is 0 Å². The Hall–Kier alpha value is -1.76. The number of piperidine rings is 1. The lowest BCUT2D eigenvalue weighted by Gasteiger charge is -2.36. The number of rotatable bonds is 8. The number of imide groups is 1. The minimum Gasteiger partial charge on any atom is -0.466 e. The van der Waals surface area contributed by atoms with Gasteiger partial charge in [0.15, 0.2) is 0 Å². The summed E-state index contributed by atoms with van der Waals surface area (Å²) in [6.07, 6.45) is 1.94. The molecule has 0 aromatic rings. The van der Waals surface area contributed by atoms with Crippen LogP contribution in [-0.2, 0) is 23.9 Å².